The van der Waals surface area contributed by atoms with E-state index in [4.69, 9.17) is 20.6 Å². The van der Waals surface area contributed by atoms with E-state index in [2.05, 4.69) is 0 Å². The summed E-state index contributed by atoms with van der Waals surface area (Å²) in [5.41, 5.74) is 3.85. The molecular weight excluding hydrogens is 517 g/mol. The smallest absolute Gasteiger partial charge is 0.424 e. The van der Waals surface area contributed by atoms with E-state index in [0.29, 0.717) is 17.2 Å². The van der Waals surface area contributed by atoms with Crippen LogP contribution in [0, 0.1) is 5.41 Å². The summed E-state index contributed by atoms with van der Waals surface area (Å²) in [6.07, 6.45) is -5.09. The number of halogens is 3. The summed E-state index contributed by atoms with van der Waals surface area (Å²) >= 11 is 0. The first-order chi connectivity index (χ1) is 18.2. The lowest BCUT2D eigenvalue weighted by Gasteiger charge is -2.30. The number of nitrogens with zero attached hydrogens (tertiary/aromatic N) is 2. The molecule has 3 N–H and O–H groups in total. The fourth-order valence-electron chi connectivity index (χ4n) is 3.80. The molecule has 1 heterocycles. The number of benzene rings is 2. The molecule has 3 rings (SSSR count). The summed E-state index contributed by atoms with van der Waals surface area (Å²) in [6.45, 7) is 5.09. The standard InChI is InChI=1S/C27H29F3N4O5/c1-26(2,3)39-24(36)33-13-11-18(12-14-33)20-10-9-19(15-21(20)27(28,29)30)22(35)34(23(31)32)25(37)38-16-17-7-5-4-6-8-17/h4-11,15H,12-14,16H2,1-3H3,(H3,31,32). The van der Waals surface area contributed by atoms with Crippen LogP contribution in [0.4, 0.5) is 22.8 Å². The summed E-state index contributed by atoms with van der Waals surface area (Å²) in [6, 6.07) is 11.3. The molecule has 3 amide bonds. The molecule has 0 atom stereocenters. The average Bonchev–Trinajstić information content (AvgIpc) is 2.86. The summed E-state index contributed by atoms with van der Waals surface area (Å²) in [5, 5.41) is 7.64. The van der Waals surface area contributed by atoms with Gasteiger partial charge in [-0.3, -0.25) is 10.2 Å². The van der Waals surface area contributed by atoms with E-state index >= 15 is 0 Å². The number of carbonyl (C=O) groups is 3. The molecule has 1 aliphatic rings. The Bertz CT molecular complexity index is 1290. The first kappa shape index (κ1) is 29.2. The Kier molecular flexibility index (Phi) is 8.68. The lowest BCUT2D eigenvalue weighted by atomic mass is 9.93. The SMILES string of the molecule is CC(C)(C)OC(=O)N1CC=C(c2ccc(C(=O)N(C(=N)N)C(=O)OCc3ccccc3)cc2C(F)(F)F)CC1. The van der Waals surface area contributed by atoms with Gasteiger partial charge in [-0.2, -0.15) is 18.1 Å². The first-order valence-electron chi connectivity index (χ1n) is 11.9. The molecule has 208 valence electrons. The maximum atomic E-state index is 14.1. The molecule has 0 bridgehead atoms. The fraction of sp³-hybridized carbons (Fsp3) is 0.333. The van der Waals surface area contributed by atoms with Crippen LogP contribution in [0.3, 0.4) is 0 Å². The van der Waals surface area contributed by atoms with Crippen LogP contribution in [-0.4, -0.2) is 52.5 Å². The molecule has 2 aromatic rings. The van der Waals surface area contributed by atoms with E-state index in [1.165, 1.54) is 11.0 Å². The van der Waals surface area contributed by atoms with Crippen molar-refractivity contribution in [1.29, 1.82) is 5.41 Å². The van der Waals surface area contributed by atoms with Crippen LogP contribution >= 0.6 is 0 Å². The predicted octanol–water partition coefficient (Wildman–Crippen LogP) is 5.40. The maximum absolute atomic E-state index is 14.1. The second-order valence-electron chi connectivity index (χ2n) is 9.73. The third-order valence-electron chi connectivity index (χ3n) is 5.61. The van der Waals surface area contributed by atoms with E-state index in [-0.39, 0.29) is 36.6 Å². The maximum Gasteiger partial charge on any atom is 0.424 e. The van der Waals surface area contributed by atoms with Gasteiger partial charge < -0.3 is 20.1 Å². The van der Waals surface area contributed by atoms with Crippen molar-refractivity contribution in [2.75, 3.05) is 13.1 Å². The van der Waals surface area contributed by atoms with Gasteiger partial charge in [0.05, 0.1) is 5.56 Å². The average molecular weight is 547 g/mol. The number of carbonyl (C=O) groups excluding carboxylic acids is 3. The number of imide groups is 1. The Morgan fingerprint density at radius 2 is 1.74 bits per heavy atom. The Hall–Kier alpha value is -4.35. The van der Waals surface area contributed by atoms with E-state index in [1.54, 1.807) is 51.1 Å². The van der Waals surface area contributed by atoms with Crippen molar-refractivity contribution in [3.05, 3.63) is 76.9 Å². The lowest BCUT2D eigenvalue weighted by molar-refractivity contribution is -0.137. The van der Waals surface area contributed by atoms with Gasteiger partial charge in [-0.15, -0.1) is 0 Å². The first-order valence-corrected chi connectivity index (χ1v) is 11.9. The van der Waals surface area contributed by atoms with Gasteiger partial charge in [0, 0.05) is 18.7 Å². The van der Waals surface area contributed by atoms with Crippen molar-refractivity contribution in [3.8, 4) is 0 Å². The highest BCUT2D eigenvalue weighted by Gasteiger charge is 2.37. The Morgan fingerprint density at radius 1 is 1.08 bits per heavy atom. The van der Waals surface area contributed by atoms with Crippen LogP contribution in [0.5, 0.6) is 0 Å². The van der Waals surface area contributed by atoms with Gasteiger partial charge in [-0.1, -0.05) is 42.5 Å². The minimum atomic E-state index is -4.84. The van der Waals surface area contributed by atoms with Crippen molar-refractivity contribution < 1.29 is 37.0 Å². The lowest BCUT2D eigenvalue weighted by Crippen LogP contribution is -2.45. The zero-order valence-electron chi connectivity index (χ0n) is 21.7. The zero-order valence-corrected chi connectivity index (χ0v) is 21.7. The number of guanidine groups is 1. The molecule has 0 saturated carbocycles. The van der Waals surface area contributed by atoms with Gasteiger partial charge in [-0.25, -0.2) is 9.59 Å². The molecule has 0 radical (unpaired) electrons. The third-order valence-corrected chi connectivity index (χ3v) is 5.61. The van der Waals surface area contributed by atoms with Crippen molar-refractivity contribution in [2.24, 2.45) is 5.73 Å². The number of nitrogens with one attached hydrogen (secondary N) is 1. The summed E-state index contributed by atoms with van der Waals surface area (Å²) in [5.74, 6) is -2.25. The quantitative estimate of drug-likeness (QED) is 0.391. The number of rotatable bonds is 4. The van der Waals surface area contributed by atoms with Crippen molar-refractivity contribution >= 4 is 29.6 Å². The largest absolute Gasteiger partial charge is 0.444 e. The highest BCUT2D eigenvalue weighted by Crippen LogP contribution is 2.37. The van der Waals surface area contributed by atoms with Gasteiger partial charge in [-0.05, 0) is 56.0 Å². The van der Waals surface area contributed by atoms with E-state index < -0.39 is 47.0 Å². The third kappa shape index (κ3) is 7.59. The van der Waals surface area contributed by atoms with Gasteiger partial charge in [0.2, 0.25) is 5.96 Å². The second-order valence-corrected chi connectivity index (χ2v) is 9.73. The molecule has 0 fully saturated rings. The van der Waals surface area contributed by atoms with Gasteiger partial charge in [0.15, 0.2) is 0 Å². The summed E-state index contributed by atoms with van der Waals surface area (Å²) < 4.78 is 52.6. The van der Waals surface area contributed by atoms with Crippen molar-refractivity contribution in [2.45, 2.75) is 45.6 Å². The fourth-order valence-corrected chi connectivity index (χ4v) is 3.80. The molecule has 0 aromatic heterocycles. The highest BCUT2D eigenvalue weighted by atomic mass is 19.4. The summed E-state index contributed by atoms with van der Waals surface area (Å²) in [7, 11) is 0. The molecular formula is C27H29F3N4O5. The van der Waals surface area contributed by atoms with Crippen LogP contribution < -0.4 is 5.73 Å². The van der Waals surface area contributed by atoms with Gasteiger partial charge in [0.1, 0.15) is 12.2 Å². The molecule has 0 aliphatic carbocycles. The normalized spacial score (nSPS) is 13.8. The second kappa shape index (κ2) is 11.6. The number of amides is 3. The van der Waals surface area contributed by atoms with Crippen LogP contribution in [0.25, 0.3) is 5.57 Å². The van der Waals surface area contributed by atoms with Crippen LogP contribution in [0.1, 0.15) is 54.2 Å². The van der Waals surface area contributed by atoms with E-state index in [1.807, 2.05) is 0 Å². The van der Waals surface area contributed by atoms with E-state index in [0.717, 1.165) is 12.1 Å². The van der Waals surface area contributed by atoms with E-state index in [9.17, 15) is 27.6 Å². The predicted molar refractivity (Wildman–Crippen MR) is 137 cm³/mol. The molecule has 0 spiro atoms. The Balaban J connectivity index is 1.84. The molecule has 0 unspecified atom stereocenters. The topological polar surface area (TPSA) is 126 Å². The molecule has 2 aromatic carbocycles. The summed E-state index contributed by atoms with van der Waals surface area (Å²) in [4.78, 5) is 39.4. The molecule has 12 heteroatoms. The molecule has 9 nitrogen and oxygen atoms in total. The van der Waals surface area contributed by atoms with Crippen molar-refractivity contribution in [1.82, 2.24) is 9.80 Å². The molecule has 1 aliphatic heterocycles. The van der Waals surface area contributed by atoms with Crippen LogP contribution in [-0.2, 0) is 22.3 Å². The minimum absolute atomic E-state index is 0.0492. The van der Waals surface area contributed by atoms with Crippen molar-refractivity contribution in [3.63, 3.8) is 0 Å². The minimum Gasteiger partial charge on any atom is -0.444 e. The zero-order chi connectivity index (χ0) is 29.0. The molecule has 0 saturated heterocycles. The number of ether oxygens (including phenoxy) is 2. The highest BCUT2D eigenvalue weighted by molar-refractivity contribution is 6.14. The monoisotopic (exact) mass is 546 g/mol. The number of nitrogens with two attached hydrogens (primary N) is 1. The van der Waals surface area contributed by atoms with Crippen LogP contribution in [0.15, 0.2) is 54.6 Å². The van der Waals surface area contributed by atoms with Crippen LogP contribution in [0.2, 0.25) is 0 Å². The Labute approximate surface area is 223 Å². The Morgan fingerprint density at radius 3 is 2.28 bits per heavy atom. The number of hydrogen-bond donors (Lipinski definition) is 2. The van der Waals surface area contributed by atoms with Gasteiger partial charge >= 0.3 is 18.4 Å². The van der Waals surface area contributed by atoms with Gasteiger partial charge in [0.25, 0.3) is 5.91 Å². The number of hydrogen-bond acceptors (Lipinski definition) is 6. The number of alkyl halides is 3. The molecule has 39 heavy (non-hydrogen) atoms.